The van der Waals surface area contributed by atoms with E-state index < -0.39 is 0 Å². The van der Waals surface area contributed by atoms with Crippen LogP contribution in [0.15, 0.2) is 58.4 Å². The number of nitrogens with zero attached hydrogens (tertiary/aromatic N) is 3. The SMILES string of the molecule is Cc1ccc2nc(N3CCC(Cc4ccccc4)CC3)c(/C=C3\SC(=S)NC3=O)c(=O)n2c1. The Morgan fingerprint density at radius 1 is 1.15 bits per heavy atom. The van der Waals surface area contributed by atoms with Gasteiger partial charge in [-0.1, -0.05) is 60.4 Å². The molecule has 2 aliphatic rings. The molecule has 2 aliphatic heterocycles. The fourth-order valence-electron chi connectivity index (χ4n) is 4.46. The van der Waals surface area contributed by atoms with Gasteiger partial charge in [0.05, 0.1) is 10.5 Å². The molecule has 4 heterocycles. The number of anilines is 1. The van der Waals surface area contributed by atoms with E-state index in [1.807, 2.05) is 25.1 Å². The number of thiocarbonyl (C=S) groups is 1. The molecule has 1 aromatic carbocycles. The van der Waals surface area contributed by atoms with Gasteiger partial charge in [-0.05, 0) is 55.4 Å². The summed E-state index contributed by atoms with van der Waals surface area (Å²) in [4.78, 5) is 33.3. The van der Waals surface area contributed by atoms with Crippen molar-refractivity contribution in [3.63, 3.8) is 0 Å². The van der Waals surface area contributed by atoms with E-state index in [-0.39, 0.29) is 11.5 Å². The second-order valence-electron chi connectivity index (χ2n) is 8.56. The third-order valence-corrected chi connectivity index (χ3v) is 7.35. The van der Waals surface area contributed by atoms with Crippen LogP contribution in [0.1, 0.15) is 29.5 Å². The molecule has 0 bridgehead atoms. The zero-order chi connectivity index (χ0) is 22.9. The van der Waals surface area contributed by atoms with Crippen LogP contribution in [-0.4, -0.2) is 32.7 Å². The molecule has 0 aliphatic carbocycles. The molecule has 6 nitrogen and oxygen atoms in total. The third kappa shape index (κ3) is 4.58. The molecule has 1 N–H and O–H groups in total. The Morgan fingerprint density at radius 2 is 1.91 bits per heavy atom. The maximum Gasteiger partial charge on any atom is 0.267 e. The number of carbonyl (C=O) groups excluding carboxylic acids is 1. The summed E-state index contributed by atoms with van der Waals surface area (Å²) in [5, 5.41) is 2.63. The van der Waals surface area contributed by atoms with Crippen LogP contribution in [0.5, 0.6) is 0 Å². The molecule has 0 atom stereocenters. The summed E-state index contributed by atoms with van der Waals surface area (Å²) in [6.45, 7) is 3.58. The lowest BCUT2D eigenvalue weighted by atomic mass is 9.90. The zero-order valence-electron chi connectivity index (χ0n) is 18.3. The Bertz CT molecular complexity index is 1330. The van der Waals surface area contributed by atoms with Gasteiger partial charge < -0.3 is 10.2 Å². The topological polar surface area (TPSA) is 66.7 Å². The fraction of sp³-hybridized carbons (Fsp3) is 0.280. The minimum Gasteiger partial charge on any atom is -0.356 e. The first-order valence-electron chi connectivity index (χ1n) is 11.0. The van der Waals surface area contributed by atoms with Gasteiger partial charge in [-0.25, -0.2) is 4.98 Å². The van der Waals surface area contributed by atoms with E-state index in [4.69, 9.17) is 17.2 Å². The van der Waals surface area contributed by atoms with Crippen molar-refractivity contribution in [2.24, 2.45) is 5.92 Å². The molecule has 1 amide bonds. The molecular weight excluding hydrogens is 452 g/mol. The lowest BCUT2D eigenvalue weighted by Crippen LogP contribution is -2.37. The Balaban J connectivity index is 1.49. The maximum atomic E-state index is 13.5. The van der Waals surface area contributed by atoms with Crippen LogP contribution < -0.4 is 15.8 Å². The van der Waals surface area contributed by atoms with Crippen LogP contribution in [0.4, 0.5) is 5.82 Å². The van der Waals surface area contributed by atoms with Crippen molar-refractivity contribution in [1.29, 1.82) is 0 Å². The van der Waals surface area contributed by atoms with Gasteiger partial charge in [0.1, 0.15) is 15.8 Å². The number of carbonyl (C=O) groups is 1. The Morgan fingerprint density at radius 3 is 2.61 bits per heavy atom. The fourth-order valence-corrected chi connectivity index (χ4v) is 5.49. The van der Waals surface area contributed by atoms with Crippen LogP contribution in [0.2, 0.25) is 0 Å². The molecule has 33 heavy (non-hydrogen) atoms. The van der Waals surface area contributed by atoms with Crippen molar-refractivity contribution in [2.75, 3.05) is 18.0 Å². The van der Waals surface area contributed by atoms with Crippen LogP contribution in [0, 0.1) is 12.8 Å². The molecular formula is C25H24N4O2S2. The van der Waals surface area contributed by atoms with Crippen LogP contribution in [0.3, 0.4) is 0 Å². The molecule has 0 saturated carbocycles. The number of pyridine rings is 1. The molecule has 5 rings (SSSR count). The van der Waals surface area contributed by atoms with Crippen LogP contribution in [-0.2, 0) is 11.2 Å². The van der Waals surface area contributed by atoms with Crippen molar-refractivity contribution in [2.45, 2.75) is 26.2 Å². The number of amides is 1. The summed E-state index contributed by atoms with van der Waals surface area (Å²) < 4.78 is 1.96. The highest BCUT2D eigenvalue weighted by Gasteiger charge is 2.27. The Labute approximate surface area is 201 Å². The monoisotopic (exact) mass is 476 g/mol. The molecule has 168 valence electrons. The Kier molecular flexibility index (Phi) is 6.03. The van der Waals surface area contributed by atoms with Gasteiger partial charge in [0.2, 0.25) is 0 Å². The first-order chi connectivity index (χ1) is 16.0. The van der Waals surface area contributed by atoms with Gasteiger partial charge >= 0.3 is 0 Å². The summed E-state index contributed by atoms with van der Waals surface area (Å²) in [6, 6.07) is 14.4. The number of rotatable bonds is 4. The molecule has 2 fully saturated rings. The number of piperidine rings is 1. The molecule has 2 saturated heterocycles. The number of fused-ring (bicyclic) bond motifs is 1. The molecule has 2 aromatic heterocycles. The largest absolute Gasteiger partial charge is 0.356 e. The number of hydrogen-bond acceptors (Lipinski definition) is 6. The van der Waals surface area contributed by atoms with Crippen LogP contribution >= 0.6 is 24.0 Å². The quantitative estimate of drug-likeness (QED) is 0.454. The molecule has 3 aromatic rings. The third-order valence-electron chi connectivity index (χ3n) is 6.18. The lowest BCUT2D eigenvalue weighted by Gasteiger charge is -2.33. The first kappa shape index (κ1) is 21.9. The molecule has 0 unspecified atom stereocenters. The summed E-state index contributed by atoms with van der Waals surface area (Å²) in [5.74, 6) is 0.968. The van der Waals surface area contributed by atoms with Gasteiger partial charge in [0.15, 0.2) is 0 Å². The highest BCUT2D eigenvalue weighted by molar-refractivity contribution is 8.26. The summed E-state index contributed by atoms with van der Waals surface area (Å²) in [7, 11) is 0. The van der Waals surface area contributed by atoms with Gasteiger partial charge in [-0.15, -0.1) is 0 Å². The number of nitrogens with one attached hydrogen (secondary N) is 1. The highest BCUT2D eigenvalue weighted by Crippen LogP contribution is 2.30. The van der Waals surface area contributed by atoms with Gasteiger partial charge in [0, 0.05) is 19.3 Å². The zero-order valence-corrected chi connectivity index (χ0v) is 19.9. The van der Waals surface area contributed by atoms with Gasteiger partial charge in [-0.2, -0.15) is 0 Å². The molecule has 0 radical (unpaired) electrons. The second-order valence-corrected chi connectivity index (χ2v) is 10.3. The van der Waals surface area contributed by atoms with E-state index in [1.165, 1.54) is 17.3 Å². The highest BCUT2D eigenvalue weighted by atomic mass is 32.2. The molecule has 8 heteroatoms. The maximum absolute atomic E-state index is 13.5. The van der Waals surface area contributed by atoms with Crippen LogP contribution in [0.25, 0.3) is 11.7 Å². The summed E-state index contributed by atoms with van der Waals surface area (Å²) in [5.41, 5.74) is 3.19. The standard InChI is InChI=1S/C25H24N4O2S2/c1-16-7-8-21-26-22(28-11-9-18(10-12-28)13-17-5-3-2-4-6-17)19(24(31)29(21)15-16)14-20-23(30)27-25(32)33-20/h2-8,14-15,18H,9-13H2,1H3,(H,27,30,32)/b20-14-. The average Bonchev–Trinajstić information content (AvgIpc) is 3.13. The van der Waals surface area contributed by atoms with Crippen molar-refractivity contribution in [1.82, 2.24) is 14.7 Å². The van der Waals surface area contributed by atoms with E-state index in [9.17, 15) is 9.59 Å². The number of aromatic nitrogens is 2. The molecule has 0 spiro atoms. The Hall–Kier alpha value is -2.97. The lowest BCUT2D eigenvalue weighted by molar-refractivity contribution is -0.115. The summed E-state index contributed by atoms with van der Waals surface area (Å²) in [6.07, 6.45) is 6.55. The smallest absolute Gasteiger partial charge is 0.267 e. The number of benzene rings is 1. The van der Waals surface area contributed by atoms with Gasteiger partial charge in [0.25, 0.3) is 11.5 Å². The minimum atomic E-state index is -0.272. The number of aryl methyl sites for hydroxylation is 1. The van der Waals surface area contributed by atoms with Crippen molar-refractivity contribution >= 4 is 51.7 Å². The van der Waals surface area contributed by atoms with E-state index in [2.05, 4.69) is 34.5 Å². The summed E-state index contributed by atoms with van der Waals surface area (Å²) >= 11 is 6.30. The van der Waals surface area contributed by atoms with Crippen molar-refractivity contribution in [3.8, 4) is 0 Å². The number of hydrogen-bond donors (Lipinski definition) is 1. The van der Waals surface area contributed by atoms with Crippen molar-refractivity contribution in [3.05, 3.63) is 80.6 Å². The average molecular weight is 477 g/mol. The van der Waals surface area contributed by atoms with E-state index in [0.29, 0.717) is 32.2 Å². The van der Waals surface area contributed by atoms with E-state index >= 15 is 0 Å². The normalized spacial score (nSPS) is 18.3. The van der Waals surface area contributed by atoms with E-state index in [1.54, 1.807) is 16.7 Å². The minimum absolute atomic E-state index is 0.177. The predicted molar refractivity (Wildman–Crippen MR) is 138 cm³/mol. The predicted octanol–water partition coefficient (Wildman–Crippen LogP) is 3.95. The van der Waals surface area contributed by atoms with Gasteiger partial charge in [-0.3, -0.25) is 14.0 Å². The first-order valence-corrected chi connectivity index (χ1v) is 12.3. The second kappa shape index (κ2) is 9.11. The number of thioether (sulfide) groups is 1. The van der Waals surface area contributed by atoms with Crippen molar-refractivity contribution < 1.29 is 4.79 Å². The van der Waals surface area contributed by atoms with E-state index in [0.717, 1.165) is 37.9 Å².